The van der Waals surface area contributed by atoms with Gasteiger partial charge < -0.3 is 5.32 Å². The molecular weight excluding hydrogens is 214 g/mol. The zero-order valence-corrected chi connectivity index (χ0v) is 10.6. The van der Waals surface area contributed by atoms with E-state index in [1.807, 2.05) is 39.8 Å². The fraction of sp³-hybridized carbons (Fsp3) is 0.462. The van der Waals surface area contributed by atoms with Gasteiger partial charge in [0.15, 0.2) is 5.84 Å². The van der Waals surface area contributed by atoms with Crippen molar-refractivity contribution in [2.75, 3.05) is 0 Å². The van der Waals surface area contributed by atoms with Gasteiger partial charge in [0.2, 0.25) is 0 Å². The number of hydrogen-bond donors (Lipinski definition) is 1. The number of amides is 1. The van der Waals surface area contributed by atoms with E-state index in [0.717, 1.165) is 11.3 Å². The van der Waals surface area contributed by atoms with E-state index < -0.39 is 5.54 Å². The van der Waals surface area contributed by atoms with Crippen molar-refractivity contribution >= 4 is 11.7 Å². The first-order valence-electron chi connectivity index (χ1n) is 5.78. The summed E-state index contributed by atoms with van der Waals surface area (Å²) in [5.74, 6) is 0.695. The van der Waals surface area contributed by atoms with Crippen molar-refractivity contribution in [3.8, 4) is 0 Å². The molecule has 0 saturated carbocycles. The first-order chi connectivity index (χ1) is 7.95. The molecule has 0 radical (unpaired) electrons. The highest BCUT2D eigenvalue weighted by molar-refractivity contribution is 6.14. The number of aliphatic imine (C=N–C) groups is 1. The summed E-state index contributed by atoms with van der Waals surface area (Å²) in [6.45, 7) is 7.81. The van der Waals surface area contributed by atoms with Crippen LogP contribution in [0.3, 0.4) is 0 Å². The van der Waals surface area contributed by atoms with Gasteiger partial charge in [0, 0.05) is 6.20 Å². The molecule has 0 fully saturated rings. The molecule has 17 heavy (non-hydrogen) atoms. The van der Waals surface area contributed by atoms with Crippen LogP contribution in [-0.4, -0.2) is 22.3 Å². The van der Waals surface area contributed by atoms with Gasteiger partial charge in [-0.25, -0.2) is 4.99 Å². The standard InChI is InChI=1S/C13H17N3O/c1-8(2)13(4)12(17)15-11(16-13)10-9(3)6-5-7-14-10/h5-8H,1-4H3,(H,15,16,17)/t13-/m1/s1. The topological polar surface area (TPSA) is 54.4 Å². The molecule has 2 heterocycles. The third kappa shape index (κ3) is 1.84. The van der Waals surface area contributed by atoms with Crippen molar-refractivity contribution in [2.24, 2.45) is 10.9 Å². The number of carbonyl (C=O) groups is 1. The largest absolute Gasteiger partial charge is 0.307 e. The number of nitrogens with one attached hydrogen (secondary N) is 1. The molecule has 0 spiro atoms. The zero-order valence-electron chi connectivity index (χ0n) is 10.6. The number of pyridine rings is 1. The summed E-state index contributed by atoms with van der Waals surface area (Å²) in [6, 6.07) is 3.83. The van der Waals surface area contributed by atoms with Gasteiger partial charge in [0.25, 0.3) is 5.91 Å². The molecule has 0 bridgehead atoms. The van der Waals surface area contributed by atoms with E-state index in [-0.39, 0.29) is 11.8 Å². The van der Waals surface area contributed by atoms with Crippen molar-refractivity contribution in [3.63, 3.8) is 0 Å². The predicted octanol–water partition coefficient (Wildman–Crippen LogP) is 1.68. The average molecular weight is 231 g/mol. The predicted molar refractivity (Wildman–Crippen MR) is 66.9 cm³/mol. The van der Waals surface area contributed by atoms with Gasteiger partial charge in [-0.05, 0) is 31.4 Å². The molecule has 1 aromatic heterocycles. The van der Waals surface area contributed by atoms with Crippen LogP contribution in [0.25, 0.3) is 0 Å². The fourth-order valence-electron chi connectivity index (χ4n) is 1.78. The Morgan fingerprint density at radius 1 is 1.41 bits per heavy atom. The van der Waals surface area contributed by atoms with Gasteiger partial charge >= 0.3 is 0 Å². The normalized spacial score (nSPS) is 23.8. The lowest BCUT2D eigenvalue weighted by Gasteiger charge is -2.21. The van der Waals surface area contributed by atoms with Crippen LogP contribution in [0, 0.1) is 12.8 Å². The Labute approximate surface area is 101 Å². The lowest BCUT2D eigenvalue weighted by atomic mass is 9.89. The lowest BCUT2D eigenvalue weighted by molar-refractivity contribution is -0.124. The fourth-order valence-corrected chi connectivity index (χ4v) is 1.78. The van der Waals surface area contributed by atoms with Crippen LogP contribution >= 0.6 is 0 Å². The molecule has 2 rings (SSSR count). The molecule has 4 heteroatoms. The van der Waals surface area contributed by atoms with Gasteiger partial charge in [0.05, 0.1) is 0 Å². The van der Waals surface area contributed by atoms with E-state index in [1.165, 1.54) is 0 Å². The van der Waals surface area contributed by atoms with Crippen LogP contribution in [0.2, 0.25) is 0 Å². The molecule has 0 aromatic carbocycles. The van der Waals surface area contributed by atoms with Gasteiger partial charge in [-0.3, -0.25) is 9.78 Å². The van der Waals surface area contributed by atoms with Crippen LogP contribution < -0.4 is 5.32 Å². The van der Waals surface area contributed by atoms with Gasteiger partial charge in [-0.1, -0.05) is 19.9 Å². The minimum atomic E-state index is -0.681. The third-order valence-corrected chi connectivity index (χ3v) is 3.39. The number of amidine groups is 1. The quantitative estimate of drug-likeness (QED) is 0.842. The van der Waals surface area contributed by atoms with Crippen molar-refractivity contribution in [1.82, 2.24) is 10.3 Å². The molecule has 90 valence electrons. The Balaban J connectivity index is 2.44. The molecule has 0 aliphatic carbocycles. The molecule has 1 amide bonds. The summed E-state index contributed by atoms with van der Waals surface area (Å²) in [5, 5.41) is 2.83. The smallest absolute Gasteiger partial charge is 0.253 e. The van der Waals surface area contributed by atoms with Gasteiger partial charge in [-0.2, -0.15) is 0 Å². The van der Waals surface area contributed by atoms with Crippen LogP contribution in [0.1, 0.15) is 32.0 Å². The summed E-state index contributed by atoms with van der Waals surface area (Å²) in [6.07, 6.45) is 1.71. The molecule has 1 aliphatic rings. The Hall–Kier alpha value is -1.71. The zero-order chi connectivity index (χ0) is 12.6. The number of aryl methyl sites for hydroxylation is 1. The minimum Gasteiger partial charge on any atom is -0.307 e. The van der Waals surface area contributed by atoms with E-state index in [0.29, 0.717) is 5.84 Å². The summed E-state index contributed by atoms with van der Waals surface area (Å²) < 4.78 is 0. The second-order valence-electron chi connectivity index (χ2n) is 4.89. The summed E-state index contributed by atoms with van der Waals surface area (Å²) in [7, 11) is 0. The van der Waals surface area contributed by atoms with Crippen LogP contribution in [0.4, 0.5) is 0 Å². The van der Waals surface area contributed by atoms with E-state index >= 15 is 0 Å². The molecule has 1 N–H and O–H groups in total. The molecule has 4 nitrogen and oxygen atoms in total. The number of aromatic nitrogens is 1. The number of carbonyl (C=O) groups excluding carboxylic acids is 1. The Bertz CT molecular complexity index is 493. The van der Waals surface area contributed by atoms with Crippen molar-refractivity contribution in [3.05, 3.63) is 29.6 Å². The second-order valence-corrected chi connectivity index (χ2v) is 4.89. The molecule has 1 aromatic rings. The third-order valence-electron chi connectivity index (χ3n) is 3.39. The SMILES string of the molecule is Cc1cccnc1C1=N[C@](C)(C(C)C)C(=O)N1. The Kier molecular flexibility index (Phi) is 2.73. The minimum absolute atomic E-state index is 0.0486. The number of hydrogen-bond acceptors (Lipinski definition) is 3. The van der Waals surface area contributed by atoms with Gasteiger partial charge in [-0.15, -0.1) is 0 Å². The number of nitrogens with zero attached hydrogens (tertiary/aromatic N) is 2. The molecule has 0 unspecified atom stereocenters. The Morgan fingerprint density at radius 2 is 2.12 bits per heavy atom. The molecule has 1 atom stereocenters. The summed E-state index contributed by atoms with van der Waals surface area (Å²) in [5.41, 5.74) is 1.09. The maximum atomic E-state index is 12.0. The van der Waals surface area contributed by atoms with E-state index in [2.05, 4.69) is 15.3 Å². The van der Waals surface area contributed by atoms with Crippen molar-refractivity contribution in [1.29, 1.82) is 0 Å². The molecular formula is C13H17N3O. The maximum Gasteiger partial charge on any atom is 0.253 e. The van der Waals surface area contributed by atoms with Crippen LogP contribution in [-0.2, 0) is 4.79 Å². The highest BCUT2D eigenvalue weighted by Gasteiger charge is 2.42. The maximum absolute atomic E-state index is 12.0. The van der Waals surface area contributed by atoms with Crippen LogP contribution in [0.5, 0.6) is 0 Å². The highest BCUT2D eigenvalue weighted by atomic mass is 16.2. The lowest BCUT2D eigenvalue weighted by Crippen LogP contribution is -2.41. The van der Waals surface area contributed by atoms with E-state index in [4.69, 9.17) is 0 Å². The van der Waals surface area contributed by atoms with E-state index in [1.54, 1.807) is 6.20 Å². The highest BCUT2D eigenvalue weighted by Crippen LogP contribution is 2.26. The monoisotopic (exact) mass is 231 g/mol. The number of rotatable bonds is 2. The molecule has 0 saturated heterocycles. The average Bonchev–Trinajstić information content (AvgIpc) is 2.57. The van der Waals surface area contributed by atoms with E-state index in [9.17, 15) is 4.79 Å². The van der Waals surface area contributed by atoms with Crippen molar-refractivity contribution in [2.45, 2.75) is 33.2 Å². The first-order valence-corrected chi connectivity index (χ1v) is 5.78. The summed E-state index contributed by atoms with van der Waals surface area (Å²) in [4.78, 5) is 20.8. The first kappa shape index (κ1) is 11.8. The summed E-state index contributed by atoms with van der Waals surface area (Å²) >= 11 is 0. The van der Waals surface area contributed by atoms with Gasteiger partial charge in [0.1, 0.15) is 11.2 Å². The Morgan fingerprint density at radius 3 is 2.65 bits per heavy atom. The van der Waals surface area contributed by atoms with Crippen molar-refractivity contribution < 1.29 is 4.79 Å². The van der Waals surface area contributed by atoms with Crippen LogP contribution in [0.15, 0.2) is 23.3 Å². The second kappa shape index (κ2) is 3.95. The molecule has 1 aliphatic heterocycles.